The Labute approximate surface area is 109 Å². The van der Waals surface area contributed by atoms with E-state index < -0.39 is 0 Å². The van der Waals surface area contributed by atoms with E-state index in [1.54, 1.807) is 7.11 Å². The van der Waals surface area contributed by atoms with Crippen molar-refractivity contribution in [2.45, 2.75) is 45.1 Å². The van der Waals surface area contributed by atoms with Crippen LogP contribution in [-0.2, 0) is 17.7 Å². The summed E-state index contributed by atoms with van der Waals surface area (Å²) in [6, 6.07) is 0. The van der Waals surface area contributed by atoms with Crippen LogP contribution in [0.1, 0.15) is 43.8 Å². The fourth-order valence-electron chi connectivity index (χ4n) is 2.57. The maximum Gasteiger partial charge on any atom is 0.208 e. The highest BCUT2D eigenvalue weighted by molar-refractivity contribution is 4.96. The fraction of sp³-hybridized carbons (Fsp3) is 0.786. The molecule has 0 unspecified atom stereocenters. The SMILES string of the molecule is COCCNCc1ncc(CC2CCCCC2)o1. The van der Waals surface area contributed by atoms with Crippen LogP contribution >= 0.6 is 0 Å². The average Bonchev–Trinajstić information content (AvgIpc) is 2.84. The average molecular weight is 252 g/mol. The van der Waals surface area contributed by atoms with E-state index in [9.17, 15) is 0 Å². The van der Waals surface area contributed by atoms with Crippen molar-refractivity contribution in [2.24, 2.45) is 5.92 Å². The third-order valence-corrected chi connectivity index (χ3v) is 3.58. The zero-order valence-corrected chi connectivity index (χ0v) is 11.3. The van der Waals surface area contributed by atoms with Crippen LogP contribution in [0.3, 0.4) is 0 Å². The lowest BCUT2D eigenvalue weighted by Gasteiger charge is -2.19. The molecule has 1 aromatic rings. The van der Waals surface area contributed by atoms with Gasteiger partial charge in [0, 0.05) is 20.1 Å². The largest absolute Gasteiger partial charge is 0.444 e. The van der Waals surface area contributed by atoms with Crippen LogP contribution < -0.4 is 5.32 Å². The normalized spacial score (nSPS) is 17.2. The second kappa shape index (κ2) is 7.54. The van der Waals surface area contributed by atoms with Crippen molar-refractivity contribution >= 4 is 0 Å². The summed E-state index contributed by atoms with van der Waals surface area (Å²) < 4.78 is 10.7. The molecule has 4 heteroatoms. The number of rotatable bonds is 7. The van der Waals surface area contributed by atoms with Gasteiger partial charge in [-0.2, -0.15) is 0 Å². The van der Waals surface area contributed by atoms with Crippen LogP contribution in [0.25, 0.3) is 0 Å². The van der Waals surface area contributed by atoms with Gasteiger partial charge in [0.15, 0.2) is 0 Å². The van der Waals surface area contributed by atoms with Gasteiger partial charge in [-0.25, -0.2) is 4.98 Å². The zero-order chi connectivity index (χ0) is 12.6. The molecule has 0 bridgehead atoms. The van der Waals surface area contributed by atoms with Crippen molar-refractivity contribution in [3.05, 3.63) is 17.8 Å². The van der Waals surface area contributed by atoms with E-state index in [-0.39, 0.29) is 0 Å². The number of aromatic nitrogens is 1. The molecule has 1 fully saturated rings. The van der Waals surface area contributed by atoms with Gasteiger partial charge in [-0.05, 0) is 5.92 Å². The highest BCUT2D eigenvalue weighted by Crippen LogP contribution is 2.26. The highest BCUT2D eigenvalue weighted by Gasteiger charge is 2.16. The van der Waals surface area contributed by atoms with Gasteiger partial charge in [0.05, 0.1) is 19.3 Å². The van der Waals surface area contributed by atoms with Crippen molar-refractivity contribution in [3.63, 3.8) is 0 Å². The van der Waals surface area contributed by atoms with Crippen LogP contribution in [0.2, 0.25) is 0 Å². The molecule has 1 saturated carbocycles. The summed E-state index contributed by atoms with van der Waals surface area (Å²) in [5, 5.41) is 3.24. The lowest BCUT2D eigenvalue weighted by atomic mass is 9.86. The molecule has 1 heterocycles. The van der Waals surface area contributed by atoms with Crippen LogP contribution in [-0.4, -0.2) is 25.2 Å². The summed E-state index contributed by atoms with van der Waals surface area (Å²) in [5.41, 5.74) is 0. The second-order valence-electron chi connectivity index (χ2n) is 5.10. The molecule has 4 nitrogen and oxygen atoms in total. The van der Waals surface area contributed by atoms with Gasteiger partial charge in [-0.15, -0.1) is 0 Å². The number of methoxy groups -OCH3 is 1. The van der Waals surface area contributed by atoms with Crippen molar-refractivity contribution in [1.29, 1.82) is 0 Å². The quantitative estimate of drug-likeness (QED) is 0.758. The van der Waals surface area contributed by atoms with E-state index >= 15 is 0 Å². The molecule has 0 spiro atoms. The topological polar surface area (TPSA) is 47.3 Å². The number of nitrogens with one attached hydrogen (secondary N) is 1. The Morgan fingerprint density at radius 1 is 1.39 bits per heavy atom. The van der Waals surface area contributed by atoms with Crippen molar-refractivity contribution < 1.29 is 9.15 Å². The monoisotopic (exact) mass is 252 g/mol. The molecule has 0 aliphatic heterocycles. The van der Waals surface area contributed by atoms with Crippen molar-refractivity contribution in [3.8, 4) is 0 Å². The lowest BCUT2D eigenvalue weighted by molar-refractivity contribution is 0.198. The van der Waals surface area contributed by atoms with E-state index in [0.717, 1.165) is 37.1 Å². The Kier molecular flexibility index (Phi) is 5.68. The molecule has 0 radical (unpaired) electrons. The summed E-state index contributed by atoms with van der Waals surface area (Å²) in [7, 11) is 1.70. The standard InChI is InChI=1S/C14H24N2O2/c1-17-8-7-15-11-14-16-10-13(18-14)9-12-5-3-2-4-6-12/h10,12,15H,2-9,11H2,1H3. The minimum Gasteiger partial charge on any atom is -0.444 e. The van der Waals surface area contributed by atoms with Gasteiger partial charge < -0.3 is 14.5 Å². The van der Waals surface area contributed by atoms with Gasteiger partial charge in [0.25, 0.3) is 0 Å². The highest BCUT2D eigenvalue weighted by atomic mass is 16.5. The number of oxazole rings is 1. The molecule has 1 aliphatic carbocycles. The van der Waals surface area contributed by atoms with Crippen molar-refractivity contribution in [2.75, 3.05) is 20.3 Å². The molecule has 0 amide bonds. The van der Waals surface area contributed by atoms with Crippen LogP contribution in [0.5, 0.6) is 0 Å². The van der Waals surface area contributed by atoms with E-state index in [0.29, 0.717) is 6.54 Å². The Morgan fingerprint density at radius 2 is 2.22 bits per heavy atom. The van der Waals surface area contributed by atoms with E-state index in [1.807, 2.05) is 6.20 Å². The molecular formula is C14H24N2O2. The summed E-state index contributed by atoms with van der Waals surface area (Å²) in [6.45, 7) is 2.24. The van der Waals surface area contributed by atoms with Gasteiger partial charge in [-0.1, -0.05) is 32.1 Å². The van der Waals surface area contributed by atoms with Gasteiger partial charge in [-0.3, -0.25) is 0 Å². The third kappa shape index (κ3) is 4.42. The molecule has 0 atom stereocenters. The number of nitrogens with zero attached hydrogens (tertiary/aromatic N) is 1. The van der Waals surface area contributed by atoms with Gasteiger partial charge in [0.1, 0.15) is 5.76 Å². The summed E-state index contributed by atoms with van der Waals surface area (Å²) >= 11 is 0. The molecule has 2 rings (SSSR count). The fourth-order valence-corrected chi connectivity index (χ4v) is 2.57. The molecule has 1 N–H and O–H groups in total. The Bertz CT molecular complexity index is 332. The first-order valence-electron chi connectivity index (χ1n) is 7.01. The first-order chi connectivity index (χ1) is 8.88. The van der Waals surface area contributed by atoms with E-state index in [2.05, 4.69) is 10.3 Å². The Hall–Kier alpha value is -0.870. The first kappa shape index (κ1) is 13.6. The number of ether oxygens (including phenoxy) is 1. The minimum absolute atomic E-state index is 0.689. The van der Waals surface area contributed by atoms with Crippen LogP contribution in [0.4, 0.5) is 0 Å². The molecule has 18 heavy (non-hydrogen) atoms. The smallest absolute Gasteiger partial charge is 0.208 e. The van der Waals surface area contributed by atoms with E-state index in [1.165, 1.54) is 32.1 Å². The summed E-state index contributed by atoms with van der Waals surface area (Å²) in [4.78, 5) is 4.31. The predicted molar refractivity (Wildman–Crippen MR) is 70.4 cm³/mol. The third-order valence-electron chi connectivity index (χ3n) is 3.58. The van der Waals surface area contributed by atoms with Gasteiger partial charge in [0.2, 0.25) is 5.89 Å². The maximum absolute atomic E-state index is 5.75. The lowest BCUT2D eigenvalue weighted by Crippen LogP contribution is -2.18. The summed E-state index contributed by atoms with van der Waals surface area (Å²) in [6.07, 6.45) is 9.81. The van der Waals surface area contributed by atoms with Gasteiger partial charge >= 0.3 is 0 Å². The Morgan fingerprint density at radius 3 is 3.00 bits per heavy atom. The maximum atomic E-state index is 5.75. The van der Waals surface area contributed by atoms with Crippen LogP contribution in [0.15, 0.2) is 10.6 Å². The first-order valence-corrected chi connectivity index (χ1v) is 7.01. The minimum atomic E-state index is 0.689. The van der Waals surface area contributed by atoms with E-state index in [4.69, 9.17) is 9.15 Å². The molecule has 1 aromatic heterocycles. The second-order valence-corrected chi connectivity index (χ2v) is 5.10. The summed E-state index contributed by atoms with van der Waals surface area (Å²) in [5.74, 6) is 2.64. The number of hydrogen-bond donors (Lipinski definition) is 1. The molecule has 0 saturated heterocycles. The molecule has 0 aromatic carbocycles. The molecule has 1 aliphatic rings. The Balaban J connectivity index is 1.71. The zero-order valence-electron chi connectivity index (χ0n) is 11.3. The molecular weight excluding hydrogens is 228 g/mol. The van der Waals surface area contributed by atoms with Crippen molar-refractivity contribution in [1.82, 2.24) is 10.3 Å². The van der Waals surface area contributed by atoms with Crippen LogP contribution in [0, 0.1) is 5.92 Å². The molecule has 102 valence electrons. The number of hydrogen-bond acceptors (Lipinski definition) is 4. The predicted octanol–water partition coefficient (Wildman–Crippen LogP) is 2.53.